The number of allylic oxidation sites excluding steroid dienone is 13. The van der Waals surface area contributed by atoms with E-state index in [9.17, 15) is 61.0 Å². The van der Waals surface area contributed by atoms with Gasteiger partial charge in [0.15, 0.2) is 18.9 Å². The molecular formula is C56H93NO18. The molecule has 0 aliphatic carbocycles. The van der Waals surface area contributed by atoms with Crippen LogP contribution in [0.3, 0.4) is 0 Å². The lowest BCUT2D eigenvalue weighted by molar-refractivity contribution is -0.379. The van der Waals surface area contributed by atoms with E-state index in [1.807, 2.05) is 6.08 Å². The molecule has 0 radical (unpaired) electrons. The summed E-state index contributed by atoms with van der Waals surface area (Å²) in [6.07, 6.45) is 18.7. The van der Waals surface area contributed by atoms with Gasteiger partial charge in [0.2, 0.25) is 5.91 Å². The van der Waals surface area contributed by atoms with Crippen LogP contribution in [0.25, 0.3) is 0 Å². The number of amides is 1. The lowest BCUT2D eigenvalue weighted by Crippen LogP contribution is -2.66. The Kier molecular flexibility index (Phi) is 34.8. The van der Waals surface area contributed by atoms with Crippen LogP contribution in [0, 0.1) is 0 Å². The highest BCUT2D eigenvalue weighted by Gasteiger charge is 2.53. The summed E-state index contributed by atoms with van der Waals surface area (Å²) in [7, 11) is 0. The predicted octanol–water partition coefficient (Wildman–Crippen LogP) is 3.25. The second-order valence-corrected chi connectivity index (χ2v) is 19.3. The average molecular weight is 1070 g/mol. The summed E-state index contributed by atoms with van der Waals surface area (Å²) in [6, 6.07) is -1.01. The van der Waals surface area contributed by atoms with Crippen LogP contribution in [-0.4, -0.2) is 193 Å². The van der Waals surface area contributed by atoms with Crippen LogP contribution in [0.5, 0.6) is 0 Å². The second-order valence-electron chi connectivity index (χ2n) is 19.3. The van der Waals surface area contributed by atoms with Gasteiger partial charge in [-0.05, 0) is 77.0 Å². The molecular weight excluding hydrogens is 975 g/mol. The van der Waals surface area contributed by atoms with E-state index < -0.39 is 124 Å². The van der Waals surface area contributed by atoms with E-state index in [1.165, 1.54) is 25.7 Å². The molecule has 19 heteroatoms. The largest absolute Gasteiger partial charge is 0.394 e. The number of carbonyl (C=O) groups is 1. The molecule has 3 aliphatic heterocycles. The number of aliphatic hydroxyl groups excluding tert-OH is 11. The molecule has 17 atom stereocenters. The van der Waals surface area contributed by atoms with Crippen LogP contribution < -0.4 is 5.32 Å². The Morgan fingerprint density at radius 1 is 0.493 bits per heavy atom. The zero-order chi connectivity index (χ0) is 54.8. The molecule has 3 saturated heterocycles. The fraction of sp³-hybridized carbons (Fsp3) is 0.732. The van der Waals surface area contributed by atoms with Crippen LogP contribution in [0.15, 0.2) is 85.1 Å². The molecule has 12 N–H and O–H groups in total. The summed E-state index contributed by atoms with van der Waals surface area (Å²) < 4.78 is 34.1. The van der Waals surface area contributed by atoms with Gasteiger partial charge >= 0.3 is 0 Å². The van der Waals surface area contributed by atoms with E-state index in [0.29, 0.717) is 12.8 Å². The molecule has 0 aromatic rings. The molecule has 0 bridgehead atoms. The van der Waals surface area contributed by atoms with Crippen LogP contribution in [-0.2, 0) is 33.2 Å². The number of unbranched alkanes of at least 4 members (excludes halogenated alkanes) is 9. The molecule has 17 unspecified atom stereocenters. The summed E-state index contributed by atoms with van der Waals surface area (Å²) in [5.41, 5.74) is 0. The average Bonchev–Trinajstić information content (AvgIpc) is 3.41. The third kappa shape index (κ3) is 24.3. The molecule has 3 heterocycles. The van der Waals surface area contributed by atoms with Crippen molar-refractivity contribution in [2.24, 2.45) is 0 Å². The Morgan fingerprint density at radius 3 is 1.48 bits per heavy atom. The summed E-state index contributed by atoms with van der Waals surface area (Å²) in [5, 5.41) is 120. The van der Waals surface area contributed by atoms with Crippen LogP contribution >= 0.6 is 0 Å². The lowest BCUT2D eigenvalue weighted by Gasteiger charge is -2.48. The highest BCUT2D eigenvalue weighted by Crippen LogP contribution is 2.33. The van der Waals surface area contributed by atoms with Crippen molar-refractivity contribution in [1.29, 1.82) is 0 Å². The molecule has 3 rings (SSSR count). The number of ether oxygens (including phenoxy) is 6. The van der Waals surface area contributed by atoms with Gasteiger partial charge in [-0.1, -0.05) is 131 Å². The van der Waals surface area contributed by atoms with Gasteiger partial charge in [-0.3, -0.25) is 4.79 Å². The Bertz CT molecular complexity index is 1700. The normalized spacial score (nSPS) is 31.9. The van der Waals surface area contributed by atoms with Gasteiger partial charge in [0.05, 0.1) is 38.6 Å². The number of hydrogen-bond acceptors (Lipinski definition) is 18. The van der Waals surface area contributed by atoms with Gasteiger partial charge in [0, 0.05) is 6.42 Å². The zero-order valence-corrected chi connectivity index (χ0v) is 44.2. The molecule has 0 spiro atoms. The van der Waals surface area contributed by atoms with Crippen molar-refractivity contribution in [2.75, 3.05) is 26.4 Å². The Balaban J connectivity index is 1.55. The number of aliphatic hydroxyl groups is 11. The summed E-state index contributed by atoms with van der Waals surface area (Å²) >= 11 is 0. The minimum atomic E-state index is -1.99. The Morgan fingerprint density at radius 2 is 0.933 bits per heavy atom. The van der Waals surface area contributed by atoms with E-state index in [-0.39, 0.29) is 18.9 Å². The first-order valence-corrected chi connectivity index (χ1v) is 27.3. The van der Waals surface area contributed by atoms with E-state index in [2.05, 4.69) is 92.1 Å². The number of rotatable bonds is 37. The van der Waals surface area contributed by atoms with Gasteiger partial charge in [0.1, 0.15) is 73.2 Å². The lowest BCUT2D eigenvalue weighted by atomic mass is 9.96. The smallest absolute Gasteiger partial charge is 0.220 e. The molecule has 0 aromatic heterocycles. The fourth-order valence-electron chi connectivity index (χ4n) is 8.64. The van der Waals surface area contributed by atoms with E-state index in [4.69, 9.17) is 28.4 Å². The van der Waals surface area contributed by atoms with Gasteiger partial charge in [-0.25, -0.2) is 0 Å². The maximum absolute atomic E-state index is 13.2. The highest BCUT2D eigenvalue weighted by molar-refractivity contribution is 5.76. The third-order valence-electron chi connectivity index (χ3n) is 13.2. The van der Waals surface area contributed by atoms with E-state index in [0.717, 1.165) is 70.6 Å². The third-order valence-corrected chi connectivity index (χ3v) is 13.2. The maximum Gasteiger partial charge on any atom is 0.220 e. The molecule has 0 saturated carbocycles. The SMILES string of the molecule is CC/C=C\C/C=C\C/C=C\C/C=C\C/C=C\CCCCCC(=O)NC(COC1OC(CO)C(OC2OC(CO)C(OC3OC(CO)C(O)C(O)C3O)C(O)C2O)C(O)C1O)C(O)/C=C/CC/C=C/CCCCCCC. The maximum atomic E-state index is 13.2. The molecule has 3 aliphatic rings. The van der Waals surface area contributed by atoms with Gasteiger partial charge < -0.3 is 89.9 Å². The predicted molar refractivity (Wildman–Crippen MR) is 281 cm³/mol. The quantitative estimate of drug-likeness (QED) is 0.0314. The van der Waals surface area contributed by atoms with Crippen LogP contribution in [0.1, 0.15) is 129 Å². The summed E-state index contributed by atoms with van der Waals surface area (Å²) in [6.45, 7) is 1.48. The molecule has 1 amide bonds. The first kappa shape index (κ1) is 66.3. The minimum Gasteiger partial charge on any atom is -0.394 e. The number of hydrogen-bond donors (Lipinski definition) is 12. The first-order valence-electron chi connectivity index (χ1n) is 27.3. The van der Waals surface area contributed by atoms with Crippen molar-refractivity contribution >= 4 is 5.91 Å². The van der Waals surface area contributed by atoms with Crippen molar-refractivity contribution in [3.8, 4) is 0 Å². The number of carbonyl (C=O) groups excluding carboxylic acids is 1. The van der Waals surface area contributed by atoms with Gasteiger partial charge in [-0.2, -0.15) is 0 Å². The zero-order valence-electron chi connectivity index (χ0n) is 44.2. The monoisotopic (exact) mass is 1070 g/mol. The first-order chi connectivity index (χ1) is 36.3. The Labute approximate surface area is 444 Å². The second kappa shape index (κ2) is 39.3. The van der Waals surface area contributed by atoms with Crippen molar-refractivity contribution in [1.82, 2.24) is 5.32 Å². The Hall–Kier alpha value is -3.03. The summed E-state index contributed by atoms with van der Waals surface area (Å²) in [4.78, 5) is 13.2. The molecule has 0 aromatic carbocycles. The van der Waals surface area contributed by atoms with Crippen molar-refractivity contribution in [3.05, 3.63) is 85.1 Å². The fourth-order valence-corrected chi connectivity index (χ4v) is 8.64. The van der Waals surface area contributed by atoms with Gasteiger partial charge in [0.25, 0.3) is 0 Å². The summed E-state index contributed by atoms with van der Waals surface area (Å²) in [5.74, 6) is -0.324. The van der Waals surface area contributed by atoms with E-state index >= 15 is 0 Å². The molecule has 19 nitrogen and oxygen atoms in total. The minimum absolute atomic E-state index is 0.191. The standard InChI is InChI=1S/C56H93NO18/c1-3-5-7-9-11-13-15-16-17-18-19-20-21-22-24-26-28-30-32-34-44(62)57-39(40(61)33-31-29-27-25-23-14-12-10-8-6-4-2)38-70-54-50(68)47(65)52(42(36-59)72-54)75-56-51(69)48(66)53(43(37-60)73-56)74-55-49(67)46(64)45(63)41(35-58)71-55/h5,7,11,13,16-17,19-20,22-25,31,33,39-43,45-56,58-61,63-69H,3-4,6,8-10,12,14-15,18,21,26-30,32,34-38H2,1-2H3,(H,57,62)/b7-5-,13-11-,17-16-,20-19-,24-22-,25-23+,33-31+. The highest BCUT2D eigenvalue weighted by atomic mass is 16.8. The van der Waals surface area contributed by atoms with Gasteiger partial charge in [-0.15, -0.1) is 0 Å². The molecule has 430 valence electrons. The molecule has 75 heavy (non-hydrogen) atoms. The van der Waals surface area contributed by atoms with Crippen molar-refractivity contribution in [2.45, 2.75) is 234 Å². The number of nitrogens with one attached hydrogen (secondary N) is 1. The van der Waals surface area contributed by atoms with Crippen molar-refractivity contribution < 1.29 is 89.4 Å². The molecule has 3 fully saturated rings. The van der Waals surface area contributed by atoms with E-state index in [1.54, 1.807) is 6.08 Å². The van der Waals surface area contributed by atoms with Crippen LogP contribution in [0.2, 0.25) is 0 Å². The topological polar surface area (TPSA) is 307 Å². The van der Waals surface area contributed by atoms with Crippen LogP contribution in [0.4, 0.5) is 0 Å². The van der Waals surface area contributed by atoms with Crippen molar-refractivity contribution in [3.63, 3.8) is 0 Å².